The third kappa shape index (κ3) is 4.70. The Balaban J connectivity index is 1.40. The summed E-state index contributed by atoms with van der Waals surface area (Å²) in [5.74, 6) is 0.578. The summed E-state index contributed by atoms with van der Waals surface area (Å²) < 4.78 is 0. The maximum Gasteiger partial charge on any atom is 0.227 e. The number of piperazine rings is 1. The van der Waals surface area contributed by atoms with E-state index in [1.807, 2.05) is 30.5 Å². The molecule has 6 nitrogen and oxygen atoms in total. The Bertz CT molecular complexity index is 1320. The highest BCUT2D eigenvalue weighted by molar-refractivity contribution is 5.93. The van der Waals surface area contributed by atoms with Crippen LogP contribution in [0.3, 0.4) is 0 Å². The summed E-state index contributed by atoms with van der Waals surface area (Å²) in [4.78, 5) is 14.4. The lowest BCUT2D eigenvalue weighted by Gasteiger charge is -2.35. The second-order valence-corrected chi connectivity index (χ2v) is 8.57. The molecular formula is C28H28N6. The summed E-state index contributed by atoms with van der Waals surface area (Å²) in [7, 11) is 0. The molecule has 0 aliphatic carbocycles. The van der Waals surface area contributed by atoms with Gasteiger partial charge in [0.25, 0.3) is 0 Å². The van der Waals surface area contributed by atoms with Crippen LogP contribution in [-0.2, 0) is 6.42 Å². The van der Waals surface area contributed by atoms with Crippen LogP contribution in [0, 0.1) is 11.3 Å². The van der Waals surface area contributed by atoms with Crippen molar-refractivity contribution in [3.05, 3.63) is 78.5 Å². The molecule has 6 heteroatoms. The number of benzene rings is 3. The summed E-state index contributed by atoms with van der Waals surface area (Å²) in [6, 6.07) is 24.9. The lowest BCUT2D eigenvalue weighted by Crippen LogP contribution is -2.46. The van der Waals surface area contributed by atoms with Crippen LogP contribution in [0.1, 0.15) is 12.5 Å². The van der Waals surface area contributed by atoms with Crippen LogP contribution < -0.4 is 10.2 Å². The quantitative estimate of drug-likeness (QED) is 0.435. The van der Waals surface area contributed by atoms with Gasteiger partial charge in [-0.25, -0.2) is 9.97 Å². The molecule has 3 aromatic carbocycles. The number of hydrogen-bond donors (Lipinski definition) is 1. The summed E-state index contributed by atoms with van der Waals surface area (Å²) >= 11 is 0. The first-order chi connectivity index (χ1) is 16.7. The Morgan fingerprint density at radius 3 is 2.53 bits per heavy atom. The van der Waals surface area contributed by atoms with E-state index in [2.05, 4.69) is 75.6 Å². The fraction of sp³-hybridized carbons (Fsp3) is 0.250. The Morgan fingerprint density at radius 1 is 0.971 bits per heavy atom. The molecule has 0 amide bonds. The molecule has 0 atom stereocenters. The maximum absolute atomic E-state index is 8.93. The minimum atomic E-state index is 0.416. The molecule has 2 heterocycles. The summed E-state index contributed by atoms with van der Waals surface area (Å²) in [5.41, 5.74) is 6.24. The normalized spacial score (nSPS) is 14.2. The van der Waals surface area contributed by atoms with E-state index in [1.165, 1.54) is 5.69 Å². The van der Waals surface area contributed by atoms with E-state index in [9.17, 15) is 0 Å². The van der Waals surface area contributed by atoms with E-state index in [0.717, 1.165) is 66.0 Å². The molecule has 0 radical (unpaired) electrons. The van der Waals surface area contributed by atoms with Crippen LogP contribution in [0.4, 0.5) is 17.3 Å². The van der Waals surface area contributed by atoms with Gasteiger partial charge in [-0.15, -0.1) is 0 Å². The molecule has 0 spiro atoms. The highest BCUT2D eigenvalue weighted by Crippen LogP contribution is 2.29. The predicted octanol–water partition coefficient (Wildman–Crippen LogP) is 5.25. The Labute approximate surface area is 200 Å². The van der Waals surface area contributed by atoms with Crippen LogP contribution in [0.2, 0.25) is 0 Å². The first-order valence-corrected chi connectivity index (χ1v) is 11.8. The summed E-state index contributed by atoms with van der Waals surface area (Å²) in [5, 5.41) is 13.3. The summed E-state index contributed by atoms with van der Waals surface area (Å²) in [6.07, 6.45) is 2.28. The molecule has 5 rings (SSSR count). The molecule has 170 valence electrons. The fourth-order valence-electron chi connectivity index (χ4n) is 4.47. The van der Waals surface area contributed by atoms with Crippen LogP contribution >= 0.6 is 0 Å². The molecule has 1 aliphatic rings. The van der Waals surface area contributed by atoms with Gasteiger partial charge in [0.1, 0.15) is 0 Å². The number of hydrogen-bond acceptors (Lipinski definition) is 6. The molecule has 0 saturated carbocycles. The van der Waals surface area contributed by atoms with E-state index in [0.29, 0.717) is 12.4 Å². The predicted molar refractivity (Wildman–Crippen MR) is 138 cm³/mol. The van der Waals surface area contributed by atoms with Crippen molar-refractivity contribution in [1.82, 2.24) is 14.9 Å². The zero-order valence-electron chi connectivity index (χ0n) is 19.4. The Kier molecular flexibility index (Phi) is 6.37. The van der Waals surface area contributed by atoms with Crippen molar-refractivity contribution in [2.45, 2.75) is 13.3 Å². The third-order valence-corrected chi connectivity index (χ3v) is 6.45. The van der Waals surface area contributed by atoms with Crippen LogP contribution in [0.25, 0.3) is 22.0 Å². The topological polar surface area (TPSA) is 68.1 Å². The van der Waals surface area contributed by atoms with Gasteiger partial charge in [-0.05, 0) is 35.9 Å². The monoisotopic (exact) mass is 448 g/mol. The van der Waals surface area contributed by atoms with Gasteiger partial charge in [0, 0.05) is 54.7 Å². The van der Waals surface area contributed by atoms with Gasteiger partial charge in [-0.1, -0.05) is 55.5 Å². The third-order valence-electron chi connectivity index (χ3n) is 6.45. The maximum atomic E-state index is 8.93. The standard InChI is InChI=1S/C28H28N6/c1-2-33-15-17-34(18-16-33)25-7-4-6-24(19-25)31-28-30-20-23-5-3-8-26(27(23)32-28)22-11-9-21(10-12-22)13-14-29/h3-12,19-20H,2,13,15-18H2,1H3,(H,30,31,32). The van der Waals surface area contributed by atoms with Gasteiger partial charge in [-0.2, -0.15) is 5.26 Å². The van der Waals surface area contributed by atoms with Crippen molar-refractivity contribution >= 4 is 28.2 Å². The number of anilines is 3. The number of likely N-dealkylation sites (N-methyl/N-ethyl adjacent to an activating group) is 1. The average Bonchev–Trinajstić information content (AvgIpc) is 2.89. The molecule has 0 unspecified atom stereocenters. The number of fused-ring (bicyclic) bond motifs is 1. The van der Waals surface area contributed by atoms with E-state index < -0.39 is 0 Å². The lowest BCUT2D eigenvalue weighted by molar-refractivity contribution is 0.271. The number of nitriles is 1. The van der Waals surface area contributed by atoms with E-state index in [1.54, 1.807) is 0 Å². The minimum Gasteiger partial charge on any atom is -0.369 e. The molecule has 1 saturated heterocycles. The molecule has 34 heavy (non-hydrogen) atoms. The fourth-order valence-corrected chi connectivity index (χ4v) is 4.47. The van der Waals surface area contributed by atoms with Crippen molar-refractivity contribution in [3.8, 4) is 17.2 Å². The summed E-state index contributed by atoms with van der Waals surface area (Å²) in [6.45, 7) is 7.62. The minimum absolute atomic E-state index is 0.416. The molecule has 1 aliphatic heterocycles. The molecule has 1 aromatic heterocycles. The van der Waals surface area contributed by atoms with Crippen molar-refractivity contribution in [3.63, 3.8) is 0 Å². The van der Waals surface area contributed by atoms with Crippen LogP contribution in [-0.4, -0.2) is 47.6 Å². The highest BCUT2D eigenvalue weighted by atomic mass is 15.3. The lowest BCUT2D eigenvalue weighted by atomic mass is 10.0. The van der Waals surface area contributed by atoms with Gasteiger partial charge in [0.05, 0.1) is 18.0 Å². The SMILES string of the molecule is CCN1CCN(c2cccc(Nc3ncc4cccc(-c5ccc(CC#N)cc5)c4n3)c2)CC1. The Hall–Kier alpha value is -3.95. The van der Waals surface area contributed by atoms with E-state index in [4.69, 9.17) is 10.2 Å². The van der Waals surface area contributed by atoms with Crippen LogP contribution in [0.15, 0.2) is 72.9 Å². The zero-order chi connectivity index (χ0) is 23.3. The number of nitrogens with one attached hydrogen (secondary N) is 1. The van der Waals surface area contributed by atoms with Crippen molar-refractivity contribution in [2.24, 2.45) is 0 Å². The number of nitrogens with zero attached hydrogens (tertiary/aromatic N) is 5. The zero-order valence-corrected chi connectivity index (χ0v) is 19.4. The van der Waals surface area contributed by atoms with Gasteiger partial charge >= 0.3 is 0 Å². The van der Waals surface area contributed by atoms with Gasteiger partial charge < -0.3 is 15.1 Å². The van der Waals surface area contributed by atoms with E-state index in [-0.39, 0.29) is 0 Å². The number of aromatic nitrogens is 2. The van der Waals surface area contributed by atoms with Crippen molar-refractivity contribution in [2.75, 3.05) is 42.9 Å². The van der Waals surface area contributed by atoms with Crippen LogP contribution in [0.5, 0.6) is 0 Å². The molecule has 4 aromatic rings. The smallest absolute Gasteiger partial charge is 0.227 e. The average molecular weight is 449 g/mol. The first-order valence-electron chi connectivity index (χ1n) is 11.8. The molecule has 1 fully saturated rings. The first kappa shape index (κ1) is 21.9. The van der Waals surface area contributed by atoms with Crippen molar-refractivity contribution < 1.29 is 0 Å². The number of para-hydroxylation sites is 1. The Morgan fingerprint density at radius 2 is 1.76 bits per heavy atom. The van der Waals surface area contributed by atoms with Crippen molar-refractivity contribution in [1.29, 1.82) is 5.26 Å². The number of rotatable bonds is 6. The van der Waals surface area contributed by atoms with Gasteiger partial charge in [0.2, 0.25) is 5.95 Å². The molecule has 0 bridgehead atoms. The highest BCUT2D eigenvalue weighted by Gasteiger charge is 2.16. The largest absolute Gasteiger partial charge is 0.369 e. The van der Waals surface area contributed by atoms with E-state index >= 15 is 0 Å². The van der Waals surface area contributed by atoms with Gasteiger partial charge in [-0.3, -0.25) is 0 Å². The molecule has 1 N–H and O–H groups in total. The van der Waals surface area contributed by atoms with Gasteiger partial charge in [0.15, 0.2) is 0 Å². The molecular weight excluding hydrogens is 420 g/mol. The second-order valence-electron chi connectivity index (χ2n) is 8.57. The second kappa shape index (κ2) is 9.90.